The fourth-order valence-corrected chi connectivity index (χ4v) is 2.55. The normalized spacial score (nSPS) is 9.81. The molecule has 0 aliphatic carbocycles. The number of aromatic hydroxyl groups is 1. The second-order valence-electron chi connectivity index (χ2n) is 4.46. The maximum absolute atomic E-state index is 12.1. The van der Waals surface area contributed by atoms with Crippen molar-refractivity contribution < 1.29 is 9.90 Å². The number of amides is 1. The van der Waals surface area contributed by atoms with E-state index < -0.39 is 0 Å². The monoisotopic (exact) mass is 300 g/mol. The highest BCUT2D eigenvalue weighted by Crippen LogP contribution is 2.21. The number of nitrogens with one attached hydrogen (secondary N) is 1. The van der Waals surface area contributed by atoms with Gasteiger partial charge in [0.15, 0.2) is 0 Å². The number of hydrogen-bond acceptors (Lipinski definition) is 4. The Hall–Kier alpha value is -2.29. The zero-order valence-corrected chi connectivity index (χ0v) is 12.5. The average molecular weight is 300 g/mol. The van der Waals surface area contributed by atoms with Crippen molar-refractivity contribution in [2.24, 2.45) is 5.73 Å². The Labute approximate surface area is 127 Å². The smallest absolute Gasteiger partial charge is 0.255 e. The summed E-state index contributed by atoms with van der Waals surface area (Å²) < 4.78 is 0. The van der Waals surface area contributed by atoms with E-state index in [0.717, 1.165) is 10.4 Å². The summed E-state index contributed by atoms with van der Waals surface area (Å²) in [6, 6.07) is 7.03. The molecule has 5 heteroatoms. The highest BCUT2D eigenvalue weighted by molar-refractivity contribution is 7.10. The van der Waals surface area contributed by atoms with E-state index in [1.54, 1.807) is 25.1 Å². The van der Waals surface area contributed by atoms with Crippen LogP contribution in [0, 0.1) is 18.8 Å². The molecular formula is C16H16N2O2S. The fraction of sp³-hybridized carbons (Fsp3) is 0.188. The van der Waals surface area contributed by atoms with Gasteiger partial charge in [-0.3, -0.25) is 4.79 Å². The molecule has 2 aromatic rings. The van der Waals surface area contributed by atoms with Gasteiger partial charge < -0.3 is 16.2 Å². The van der Waals surface area contributed by atoms with E-state index in [0.29, 0.717) is 18.7 Å². The number of rotatable bonds is 3. The van der Waals surface area contributed by atoms with Crippen LogP contribution in [-0.4, -0.2) is 17.6 Å². The minimum atomic E-state index is -0.292. The lowest BCUT2D eigenvalue weighted by Gasteiger charge is -2.07. The van der Waals surface area contributed by atoms with Gasteiger partial charge in [0.05, 0.1) is 18.7 Å². The Bertz CT molecular complexity index is 711. The van der Waals surface area contributed by atoms with Crippen LogP contribution in [0.5, 0.6) is 5.75 Å². The number of benzene rings is 1. The molecule has 1 amide bonds. The van der Waals surface area contributed by atoms with Crippen LogP contribution in [0.15, 0.2) is 29.6 Å². The second-order valence-corrected chi connectivity index (χ2v) is 5.46. The molecule has 0 saturated heterocycles. The van der Waals surface area contributed by atoms with Crippen LogP contribution >= 0.6 is 11.3 Å². The SMILES string of the molecule is Cc1cccc(C(=O)NCc2cc(C#CCN)cs2)c1O. The standard InChI is InChI=1S/C16H16N2O2S/c1-11-4-2-6-14(15(11)19)16(20)18-9-13-8-12(10-21-13)5-3-7-17/h2,4,6,8,10,19H,7,9,17H2,1H3,(H,18,20). The predicted molar refractivity (Wildman–Crippen MR) is 84.3 cm³/mol. The molecule has 4 N–H and O–H groups in total. The summed E-state index contributed by atoms with van der Waals surface area (Å²) in [4.78, 5) is 13.1. The van der Waals surface area contributed by atoms with Gasteiger partial charge in [0, 0.05) is 15.8 Å². The zero-order valence-electron chi connectivity index (χ0n) is 11.6. The topological polar surface area (TPSA) is 75.4 Å². The molecule has 21 heavy (non-hydrogen) atoms. The zero-order chi connectivity index (χ0) is 15.2. The summed E-state index contributed by atoms with van der Waals surface area (Å²) in [7, 11) is 0. The average Bonchev–Trinajstić information content (AvgIpc) is 2.93. The van der Waals surface area contributed by atoms with E-state index in [2.05, 4.69) is 17.2 Å². The van der Waals surface area contributed by atoms with E-state index in [1.807, 2.05) is 11.4 Å². The Balaban J connectivity index is 2.01. The molecule has 1 aromatic carbocycles. The first-order valence-corrected chi connectivity index (χ1v) is 7.33. The first-order valence-electron chi connectivity index (χ1n) is 6.45. The molecular weight excluding hydrogens is 284 g/mol. The van der Waals surface area contributed by atoms with Crippen molar-refractivity contribution in [2.75, 3.05) is 6.54 Å². The Morgan fingerprint density at radius 1 is 1.48 bits per heavy atom. The summed E-state index contributed by atoms with van der Waals surface area (Å²) in [5.41, 5.74) is 7.18. The van der Waals surface area contributed by atoms with Crippen LogP contribution in [0.3, 0.4) is 0 Å². The first kappa shape index (κ1) is 15.1. The van der Waals surface area contributed by atoms with Crippen LogP contribution in [0.4, 0.5) is 0 Å². The number of carbonyl (C=O) groups excluding carboxylic acids is 1. The Morgan fingerprint density at radius 3 is 3.05 bits per heavy atom. The fourth-order valence-electron chi connectivity index (χ4n) is 1.80. The van der Waals surface area contributed by atoms with Crippen LogP contribution in [0.25, 0.3) is 0 Å². The van der Waals surface area contributed by atoms with Gasteiger partial charge >= 0.3 is 0 Å². The van der Waals surface area contributed by atoms with E-state index in [9.17, 15) is 9.90 Å². The molecule has 0 aliphatic rings. The van der Waals surface area contributed by atoms with Gasteiger partial charge in [0.2, 0.25) is 0 Å². The molecule has 4 nitrogen and oxygen atoms in total. The number of para-hydroxylation sites is 1. The molecule has 0 spiro atoms. The lowest BCUT2D eigenvalue weighted by atomic mass is 10.1. The number of nitrogens with two attached hydrogens (primary N) is 1. The molecule has 0 radical (unpaired) electrons. The third kappa shape index (κ3) is 3.85. The Kier molecular flexibility index (Phi) is 4.99. The van der Waals surface area contributed by atoms with Crippen LogP contribution < -0.4 is 11.1 Å². The molecule has 0 aliphatic heterocycles. The lowest BCUT2D eigenvalue weighted by Crippen LogP contribution is -2.22. The van der Waals surface area contributed by atoms with Gasteiger partial charge in [-0.2, -0.15) is 0 Å². The predicted octanol–water partition coefficient (Wildman–Crippen LogP) is 2.00. The van der Waals surface area contributed by atoms with Gasteiger partial charge in [-0.25, -0.2) is 0 Å². The summed E-state index contributed by atoms with van der Waals surface area (Å²) >= 11 is 1.52. The number of hydrogen-bond donors (Lipinski definition) is 3. The summed E-state index contributed by atoms with van der Waals surface area (Å²) in [5.74, 6) is 5.46. The van der Waals surface area contributed by atoms with Crippen molar-refractivity contribution >= 4 is 17.2 Å². The van der Waals surface area contributed by atoms with E-state index >= 15 is 0 Å². The molecule has 0 bridgehead atoms. The molecule has 0 atom stereocenters. The van der Waals surface area contributed by atoms with Crippen molar-refractivity contribution in [1.29, 1.82) is 0 Å². The third-order valence-corrected chi connectivity index (χ3v) is 3.83. The van der Waals surface area contributed by atoms with E-state index in [1.165, 1.54) is 11.3 Å². The van der Waals surface area contributed by atoms with E-state index in [-0.39, 0.29) is 17.2 Å². The van der Waals surface area contributed by atoms with Crippen LogP contribution in [-0.2, 0) is 6.54 Å². The minimum Gasteiger partial charge on any atom is -0.507 e. The maximum Gasteiger partial charge on any atom is 0.255 e. The first-order chi connectivity index (χ1) is 10.1. The van der Waals surface area contributed by atoms with Crippen molar-refractivity contribution in [1.82, 2.24) is 5.32 Å². The van der Waals surface area contributed by atoms with Crippen LogP contribution in [0.2, 0.25) is 0 Å². The Morgan fingerprint density at radius 2 is 2.29 bits per heavy atom. The molecule has 0 unspecified atom stereocenters. The van der Waals surface area contributed by atoms with Crippen molar-refractivity contribution in [3.8, 4) is 17.6 Å². The van der Waals surface area contributed by atoms with Crippen molar-refractivity contribution in [2.45, 2.75) is 13.5 Å². The minimum absolute atomic E-state index is 0.0238. The number of aryl methyl sites for hydroxylation is 1. The highest BCUT2D eigenvalue weighted by Gasteiger charge is 2.12. The van der Waals surface area contributed by atoms with Gasteiger partial charge in [-0.1, -0.05) is 24.0 Å². The molecule has 2 rings (SSSR count). The van der Waals surface area contributed by atoms with Gasteiger partial charge in [0.25, 0.3) is 5.91 Å². The largest absolute Gasteiger partial charge is 0.507 e. The summed E-state index contributed by atoms with van der Waals surface area (Å²) in [6.45, 7) is 2.49. The highest BCUT2D eigenvalue weighted by atomic mass is 32.1. The second kappa shape index (κ2) is 6.93. The van der Waals surface area contributed by atoms with Gasteiger partial charge in [0.1, 0.15) is 5.75 Å². The van der Waals surface area contributed by atoms with Gasteiger partial charge in [-0.15, -0.1) is 11.3 Å². The van der Waals surface area contributed by atoms with E-state index in [4.69, 9.17) is 5.73 Å². The van der Waals surface area contributed by atoms with Crippen LogP contribution in [0.1, 0.15) is 26.4 Å². The molecule has 1 heterocycles. The summed E-state index contributed by atoms with van der Waals surface area (Å²) in [6.07, 6.45) is 0. The quantitative estimate of drug-likeness (QED) is 0.759. The van der Waals surface area contributed by atoms with Crippen molar-refractivity contribution in [3.63, 3.8) is 0 Å². The van der Waals surface area contributed by atoms with Gasteiger partial charge in [-0.05, 0) is 24.6 Å². The molecule has 0 saturated carbocycles. The number of thiophene rings is 1. The lowest BCUT2D eigenvalue weighted by molar-refractivity contribution is 0.0948. The molecule has 0 fully saturated rings. The van der Waals surface area contributed by atoms with Crippen molar-refractivity contribution in [3.05, 3.63) is 51.2 Å². The maximum atomic E-state index is 12.1. The molecule has 108 valence electrons. The third-order valence-electron chi connectivity index (χ3n) is 2.89. The number of carbonyl (C=O) groups is 1. The summed E-state index contributed by atoms with van der Waals surface area (Å²) in [5, 5.41) is 14.6. The number of phenols is 1. The number of phenolic OH excluding ortho intramolecular Hbond substituents is 1. The molecule has 1 aromatic heterocycles.